The number of benzene rings is 5. The molecule has 0 spiro atoms. The van der Waals surface area contributed by atoms with Crippen molar-refractivity contribution in [2.75, 3.05) is 87.8 Å². The number of anilines is 2. The maximum atomic E-state index is 14.7. The standard InChI is InChI=1S/C60H67ClF3N9O8S3/c1-59(2)23-20-51(42-9-13-46(61)14-10-42)45(36-59)38-70-30-32-71(33-31-70)48-15-11-43(12-16-48)56(75)67-84(80,81)50-17-19-53(54(35-50)83(78,79)60(62,63)64)65-47(40-82-49-6-4-3-5-7-49)21-24-68-26-28-69(29-27-68)37-41-8-18-52-44(34-41)39-73(57(52)76)72-25-22-55(74)66-58(72)77/h3-19,34-35,47,65H,20-33,36-40H2,1-2H3,(H,67,75)(H,66,74,77)/t47-/m1/s1/i26D2,27D2,28D2,29D2. The molecule has 4 heterocycles. The molecule has 10 rings (SSSR count). The third-order valence-electron chi connectivity index (χ3n) is 15.2. The summed E-state index contributed by atoms with van der Waals surface area (Å²) in [5.74, 6) is -2.47. The first-order valence-corrected chi connectivity index (χ1v) is 31.5. The van der Waals surface area contributed by atoms with Gasteiger partial charge >= 0.3 is 11.5 Å². The molecule has 0 saturated carbocycles. The number of nitrogens with one attached hydrogen (secondary N) is 3. The molecule has 5 aromatic carbocycles. The van der Waals surface area contributed by atoms with E-state index in [0.29, 0.717) is 38.4 Å². The molecule has 3 N–H and O–H groups in total. The number of sulfonamides is 1. The first-order chi connectivity index (χ1) is 43.0. The number of hydrazine groups is 1. The number of allylic oxidation sites excluding steroid dienone is 1. The van der Waals surface area contributed by atoms with Crippen LogP contribution in [0.25, 0.3) is 5.57 Å². The quantitative estimate of drug-likeness (QED) is 0.0663. The fourth-order valence-electron chi connectivity index (χ4n) is 10.7. The summed E-state index contributed by atoms with van der Waals surface area (Å²) in [6.07, 6.45) is 2.39. The summed E-state index contributed by atoms with van der Waals surface area (Å²) in [7, 11) is -11.5. The number of alkyl halides is 3. The number of halogens is 4. The Hall–Kier alpha value is -6.47. The lowest BCUT2D eigenvalue weighted by Gasteiger charge is -2.39. The number of thioether (sulfide) groups is 1. The first kappa shape index (κ1) is 50.8. The second-order valence-corrected chi connectivity index (χ2v) is 26.9. The number of carbonyl (C=O) groups excluding carboxylic acids is 4. The highest BCUT2D eigenvalue weighted by Crippen LogP contribution is 2.43. The van der Waals surface area contributed by atoms with Crippen LogP contribution in [0.1, 0.15) is 94.3 Å². The number of urea groups is 1. The van der Waals surface area contributed by atoms with Crippen LogP contribution in [0.15, 0.2) is 136 Å². The van der Waals surface area contributed by atoms with Crippen molar-refractivity contribution in [3.8, 4) is 0 Å². The minimum Gasteiger partial charge on any atom is -0.380 e. The van der Waals surface area contributed by atoms with Crippen LogP contribution in [-0.4, -0.2) is 154 Å². The van der Waals surface area contributed by atoms with E-state index in [1.165, 1.54) is 47.0 Å². The van der Waals surface area contributed by atoms with Crippen LogP contribution in [-0.2, 0) is 37.7 Å². The Labute approximate surface area is 508 Å². The summed E-state index contributed by atoms with van der Waals surface area (Å²) in [5, 5.41) is 7.66. The molecule has 0 aromatic heterocycles. The molecule has 0 unspecified atom stereocenters. The summed E-state index contributed by atoms with van der Waals surface area (Å²) in [6, 6.07) is 26.1. The summed E-state index contributed by atoms with van der Waals surface area (Å²) >= 11 is 7.29. The van der Waals surface area contributed by atoms with Crippen LogP contribution in [0.4, 0.5) is 29.3 Å². The van der Waals surface area contributed by atoms with E-state index in [1.807, 2.05) is 16.9 Å². The molecule has 1 atom stereocenters. The van der Waals surface area contributed by atoms with E-state index in [1.54, 1.807) is 42.5 Å². The molecule has 1 aliphatic carbocycles. The maximum Gasteiger partial charge on any atom is 0.501 e. The molecule has 3 saturated heterocycles. The van der Waals surface area contributed by atoms with Crippen LogP contribution in [0, 0.1) is 5.41 Å². The van der Waals surface area contributed by atoms with E-state index in [4.69, 9.17) is 22.6 Å². The van der Waals surface area contributed by atoms with E-state index in [9.17, 15) is 49.2 Å². The number of piperazine rings is 2. The average molecular weight is 1240 g/mol. The van der Waals surface area contributed by atoms with Crippen molar-refractivity contribution >= 4 is 83.9 Å². The summed E-state index contributed by atoms with van der Waals surface area (Å²) < 4.78 is 174. The summed E-state index contributed by atoms with van der Waals surface area (Å²) in [4.78, 5) is 54.5. The lowest BCUT2D eigenvalue weighted by atomic mass is 9.73. The highest BCUT2D eigenvalue weighted by atomic mass is 35.5. The van der Waals surface area contributed by atoms with E-state index < -0.39 is 116 Å². The van der Waals surface area contributed by atoms with Gasteiger partial charge in [-0.15, -0.1) is 11.8 Å². The molecule has 5 aliphatic rings. The van der Waals surface area contributed by atoms with Gasteiger partial charge in [0.05, 0.1) is 23.7 Å². The Morgan fingerprint density at radius 3 is 2.19 bits per heavy atom. The average Bonchev–Trinajstić information content (AvgIpc) is 0.765. The molecule has 5 aromatic rings. The summed E-state index contributed by atoms with van der Waals surface area (Å²) in [6.45, 7) is -7.27. The smallest absolute Gasteiger partial charge is 0.380 e. The normalized spacial score (nSPS) is 22.7. The Kier molecular flexibility index (Phi) is 15.3. The Morgan fingerprint density at radius 1 is 0.798 bits per heavy atom. The molecule has 17 nitrogen and oxygen atoms in total. The van der Waals surface area contributed by atoms with Gasteiger partial charge in [-0.25, -0.2) is 36.4 Å². The number of hydrogen-bond acceptors (Lipinski definition) is 14. The zero-order valence-electron chi connectivity index (χ0n) is 53.8. The fraction of sp³-hybridized carbons (Fsp3) is 0.400. The van der Waals surface area contributed by atoms with E-state index in [2.05, 4.69) is 46.4 Å². The van der Waals surface area contributed by atoms with Gasteiger partial charge in [0.25, 0.3) is 31.7 Å². The minimum absolute atomic E-state index is 0.0787. The lowest BCUT2D eigenvalue weighted by Crippen LogP contribution is -2.56. The Balaban J connectivity index is 0.839. The Morgan fingerprint density at radius 2 is 1.50 bits per heavy atom. The van der Waals surface area contributed by atoms with Gasteiger partial charge in [-0.3, -0.25) is 29.5 Å². The second kappa shape index (κ2) is 25.2. The predicted octanol–water partition coefficient (Wildman–Crippen LogP) is 9.13. The number of carbonyl (C=O) groups is 4. The van der Waals surface area contributed by atoms with Crippen LogP contribution < -0.4 is 20.3 Å². The van der Waals surface area contributed by atoms with Gasteiger partial charge in [0.2, 0.25) is 5.91 Å². The van der Waals surface area contributed by atoms with Gasteiger partial charge in [-0.1, -0.05) is 73.5 Å². The van der Waals surface area contributed by atoms with Crippen molar-refractivity contribution in [2.45, 2.75) is 85.3 Å². The van der Waals surface area contributed by atoms with Crippen molar-refractivity contribution in [1.82, 2.24) is 34.8 Å². The van der Waals surface area contributed by atoms with Crippen molar-refractivity contribution < 1.29 is 60.2 Å². The van der Waals surface area contributed by atoms with E-state index in [0.717, 1.165) is 78.5 Å². The zero-order chi connectivity index (χ0) is 66.7. The number of hydrogen-bond donors (Lipinski definition) is 3. The molecule has 5 amide bonds. The molecule has 24 heteroatoms. The third-order valence-corrected chi connectivity index (χ3v) is 19.5. The van der Waals surface area contributed by atoms with Crippen LogP contribution in [0.3, 0.4) is 0 Å². The van der Waals surface area contributed by atoms with Gasteiger partial charge < -0.3 is 15.1 Å². The van der Waals surface area contributed by atoms with Gasteiger partial charge in [0, 0.05) is 128 Å². The Bertz CT molecular complexity index is 3920. The van der Waals surface area contributed by atoms with Crippen LogP contribution in [0.2, 0.25) is 5.02 Å². The lowest BCUT2D eigenvalue weighted by molar-refractivity contribution is -0.123. The minimum atomic E-state index is -6.43. The largest absolute Gasteiger partial charge is 0.501 e. The molecule has 3 fully saturated rings. The number of rotatable bonds is 19. The molecule has 0 bridgehead atoms. The fourth-order valence-corrected chi connectivity index (χ4v) is 13.9. The zero-order valence-corrected chi connectivity index (χ0v) is 49.0. The van der Waals surface area contributed by atoms with Crippen molar-refractivity contribution in [2.24, 2.45) is 5.41 Å². The predicted molar refractivity (Wildman–Crippen MR) is 318 cm³/mol. The number of sulfone groups is 1. The highest BCUT2D eigenvalue weighted by Gasteiger charge is 2.49. The van der Waals surface area contributed by atoms with Crippen molar-refractivity contribution in [3.63, 3.8) is 0 Å². The van der Waals surface area contributed by atoms with E-state index >= 15 is 0 Å². The first-order valence-electron chi connectivity index (χ1n) is 31.1. The molecule has 4 aliphatic heterocycles. The number of amides is 5. The van der Waals surface area contributed by atoms with Crippen molar-refractivity contribution in [3.05, 3.63) is 154 Å². The number of imide groups is 1. The monoisotopic (exact) mass is 1240 g/mol. The number of fused-ring (bicyclic) bond motifs is 1. The van der Waals surface area contributed by atoms with Gasteiger partial charge in [-0.05, 0) is 126 Å². The van der Waals surface area contributed by atoms with Crippen LogP contribution in [0.5, 0.6) is 0 Å². The van der Waals surface area contributed by atoms with Crippen molar-refractivity contribution in [1.29, 1.82) is 0 Å². The SMILES string of the molecule is [2H]C1([2H])N(CC[C@H](CSc2ccccc2)Nc2ccc(S(=O)(=O)NC(=O)c3ccc(N4CCN(CC5=C(c6ccc(Cl)cc6)CCC(C)(C)C5)CC4)cc3)cc2S(=O)(=O)C(F)(F)F)C([2H])([2H])C([2H])([2H])N(Cc2ccc3c(c2)CN(N2CCC(=O)NC2=O)C3=O)C1([2H])[2H]. The van der Waals surface area contributed by atoms with Gasteiger partial charge in [-0.2, -0.15) is 13.2 Å². The third kappa shape index (κ3) is 14.3. The molecular formula is C60H67ClF3N9O8S3. The maximum absolute atomic E-state index is 14.7. The second-order valence-electron chi connectivity index (χ2n) is 21.8. The molecule has 446 valence electrons. The van der Waals surface area contributed by atoms with Crippen LogP contribution >= 0.6 is 23.4 Å². The topological polar surface area (TPSA) is 192 Å². The summed E-state index contributed by atoms with van der Waals surface area (Å²) in [5.41, 5.74) is -1.55. The molecular weight excluding hydrogens is 1160 g/mol. The van der Waals surface area contributed by atoms with Gasteiger partial charge in [0.1, 0.15) is 4.90 Å². The van der Waals surface area contributed by atoms with E-state index in [-0.39, 0.29) is 53.4 Å². The highest BCUT2D eigenvalue weighted by molar-refractivity contribution is 7.99. The number of nitrogens with zero attached hydrogens (tertiary/aromatic N) is 6. The molecule has 0 radical (unpaired) electrons. The molecule has 84 heavy (non-hydrogen) atoms. The van der Waals surface area contributed by atoms with Gasteiger partial charge in [0.15, 0.2) is 0 Å².